The summed E-state index contributed by atoms with van der Waals surface area (Å²) in [5.74, 6) is 0.614. The maximum Gasteiger partial charge on any atom is 0.257 e. The van der Waals surface area contributed by atoms with Gasteiger partial charge in [0.2, 0.25) is 5.91 Å². The van der Waals surface area contributed by atoms with Gasteiger partial charge in [-0.3, -0.25) is 9.59 Å². The van der Waals surface area contributed by atoms with Gasteiger partial charge in [-0.05, 0) is 63.0 Å². The first-order valence-corrected chi connectivity index (χ1v) is 10.1. The van der Waals surface area contributed by atoms with Crippen molar-refractivity contribution >= 4 is 17.5 Å². The van der Waals surface area contributed by atoms with Crippen molar-refractivity contribution < 1.29 is 14.3 Å². The highest BCUT2D eigenvalue weighted by Crippen LogP contribution is 2.26. The summed E-state index contributed by atoms with van der Waals surface area (Å²) in [7, 11) is 2.19. The zero-order chi connectivity index (χ0) is 19.1. The van der Waals surface area contributed by atoms with Crippen molar-refractivity contribution in [2.45, 2.75) is 57.4 Å². The molecule has 0 unspecified atom stereocenters. The highest BCUT2D eigenvalue weighted by atomic mass is 16.5. The van der Waals surface area contributed by atoms with Crippen molar-refractivity contribution in [1.29, 1.82) is 0 Å². The smallest absolute Gasteiger partial charge is 0.257 e. The number of hydrogen-bond donors (Lipinski definition) is 2. The molecule has 0 radical (unpaired) electrons. The molecule has 0 atom stereocenters. The maximum atomic E-state index is 12.0. The highest BCUT2D eigenvalue weighted by Gasteiger charge is 2.17. The molecule has 1 aromatic carbocycles. The van der Waals surface area contributed by atoms with Crippen LogP contribution < -0.4 is 15.4 Å². The molecule has 27 heavy (non-hydrogen) atoms. The van der Waals surface area contributed by atoms with Gasteiger partial charge < -0.3 is 20.3 Å². The minimum Gasteiger partial charge on any atom is -0.484 e. The monoisotopic (exact) mass is 373 g/mol. The molecule has 0 saturated heterocycles. The molecule has 6 nitrogen and oxygen atoms in total. The number of carbonyl (C=O) groups excluding carboxylic acids is 2. The lowest BCUT2D eigenvalue weighted by Gasteiger charge is -2.31. The average molecular weight is 373 g/mol. The number of anilines is 1. The van der Waals surface area contributed by atoms with Crippen LogP contribution in [0.15, 0.2) is 18.2 Å². The maximum absolute atomic E-state index is 12.0. The van der Waals surface area contributed by atoms with E-state index in [1.807, 2.05) is 12.1 Å². The molecule has 1 aliphatic carbocycles. The Morgan fingerprint density at radius 2 is 2.07 bits per heavy atom. The van der Waals surface area contributed by atoms with Gasteiger partial charge in [0.05, 0.1) is 0 Å². The molecule has 148 valence electrons. The van der Waals surface area contributed by atoms with E-state index in [4.69, 9.17) is 4.74 Å². The normalized spacial score (nSPS) is 17.3. The number of aryl methyl sites for hydroxylation is 1. The van der Waals surface area contributed by atoms with Crippen molar-refractivity contribution in [2.75, 3.05) is 32.1 Å². The molecule has 0 spiro atoms. The Morgan fingerprint density at radius 3 is 2.89 bits per heavy atom. The van der Waals surface area contributed by atoms with Crippen LogP contribution in [-0.4, -0.2) is 49.5 Å². The van der Waals surface area contributed by atoms with E-state index in [0.717, 1.165) is 24.2 Å². The number of fused-ring (bicyclic) bond motifs is 1. The molecule has 1 aromatic rings. The standard InChI is InChI=1S/C21H31N3O3/c1-24(17-6-3-2-4-7-17)13-5-12-22-21(26)15-27-18-9-10-19-16(14-18)8-11-20(25)23-19/h9-10,14,17H,2-8,11-13,15H2,1H3,(H,22,26)(H,23,25). The first kappa shape index (κ1) is 19.7. The number of amides is 2. The summed E-state index contributed by atoms with van der Waals surface area (Å²) >= 11 is 0. The Labute approximate surface area is 161 Å². The zero-order valence-electron chi connectivity index (χ0n) is 16.3. The van der Waals surface area contributed by atoms with Crippen LogP contribution in [-0.2, 0) is 16.0 Å². The van der Waals surface area contributed by atoms with Crippen LogP contribution >= 0.6 is 0 Å². The van der Waals surface area contributed by atoms with Gasteiger partial charge in [0.1, 0.15) is 5.75 Å². The predicted molar refractivity (Wildman–Crippen MR) is 106 cm³/mol. The summed E-state index contributed by atoms with van der Waals surface area (Å²) in [6.45, 7) is 1.71. The molecule has 1 aliphatic heterocycles. The number of rotatable bonds is 8. The molecular formula is C21H31N3O3. The highest BCUT2D eigenvalue weighted by molar-refractivity contribution is 5.94. The largest absolute Gasteiger partial charge is 0.484 e. The summed E-state index contributed by atoms with van der Waals surface area (Å²) in [5, 5.41) is 5.77. The van der Waals surface area contributed by atoms with Crippen LogP contribution in [0.5, 0.6) is 5.75 Å². The van der Waals surface area contributed by atoms with E-state index >= 15 is 0 Å². The van der Waals surface area contributed by atoms with E-state index in [1.54, 1.807) is 6.07 Å². The summed E-state index contributed by atoms with van der Waals surface area (Å²) < 4.78 is 5.60. The molecule has 2 N–H and O–H groups in total. The van der Waals surface area contributed by atoms with Crippen LogP contribution in [0.1, 0.15) is 50.5 Å². The first-order valence-electron chi connectivity index (χ1n) is 10.1. The summed E-state index contributed by atoms with van der Waals surface area (Å²) in [6.07, 6.45) is 8.83. The number of benzene rings is 1. The number of carbonyl (C=O) groups is 2. The topological polar surface area (TPSA) is 70.7 Å². The summed E-state index contributed by atoms with van der Waals surface area (Å²) in [5.41, 5.74) is 1.89. The third kappa shape index (κ3) is 5.96. The Kier molecular flexibility index (Phi) is 7.10. The minimum atomic E-state index is -0.0960. The molecular weight excluding hydrogens is 342 g/mol. The van der Waals surface area contributed by atoms with Gasteiger partial charge in [-0.1, -0.05) is 19.3 Å². The van der Waals surface area contributed by atoms with Gasteiger partial charge >= 0.3 is 0 Å². The van der Waals surface area contributed by atoms with Gasteiger partial charge in [0.25, 0.3) is 5.91 Å². The number of nitrogens with zero attached hydrogens (tertiary/aromatic N) is 1. The second-order valence-electron chi connectivity index (χ2n) is 7.63. The van der Waals surface area contributed by atoms with Crippen molar-refractivity contribution in [3.05, 3.63) is 23.8 Å². The molecule has 0 bridgehead atoms. The van der Waals surface area contributed by atoms with Gasteiger partial charge in [-0.25, -0.2) is 0 Å². The molecule has 2 aliphatic rings. The first-order chi connectivity index (χ1) is 13.1. The SMILES string of the molecule is CN(CCCNC(=O)COc1ccc2c(c1)CCC(=O)N2)C1CCCCC1. The van der Waals surface area contributed by atoms with E-state index in [9.17, 15) is 9.59 Å². The van der Waals surface area contributed by atoms with E-state index in [0.29, 0.717) is 31.2 Å². The lowest BCUT2D eigenvalue weighted by molar-refractivity contribution is -0.123. The van der Waals surface area contributed by atoms with Gasteiger partial charge in [0, 0.05) is 24.7 Å². The van der Waals surface area contributed by atoms with Crippen molar-refractivity contribution in [3.8, 4) is 5.75 Å². The quantitative estimate of drug-likeness (QED) is 0.688. The molecule has 3 rings (SSSR count). The van der Waals surface area contributed by atoms with Gasteiger partial charge in [-0.2, -0.15) is 0 Å². The fourth-order valence-corrected chi connectivity index (χ4v) is 3.91. The van der Waals surface area contributed by atoms with Crippen molar-refractivity contribution in [2.24, 2.45) is 0 Å². The Morgan fingerprint density at radius 1 is 1.26 bits per heavy atom. The fourth-order valence-electron chi connectivity index (χ4n) is 3.91. The molecule has 1 heterocycles. The molecule has 1 fully saturated rings. The van der Waals surface area contributed by atoms with Crippen LogP contribution in [0.3, 0.4) is 0 Å². The van der Waals surface area contributed by atoms with Crippen LogP contribution in [0, 0.1) is 0 Å². The Bertz CT molecular complexity index is 656. The van der Waals surface area contributed by atoms with Gasteiger partial charge in [0.15, 0.2) is 6.61 Å². The van der Waals surface area contributed by atoms with Gasteiger partial charge in [-0.15, -0.1) is 0 Å². The summed E-state index contributed by atoms with van der Waals surface area (Å²) in [6, 6.07) is 6.24. The number of ether oxygens (including phenoxy) is 1. The van der Waals surface area contributed by atoms with E-state index in [1.165, 1.54) is 32.1 Å². The minimum absolute atomic E-state index is 0.0175. The van der Waals surface area contributed by atoms with E-state index in [2.05, 4.69) is 22.6 Å². The predicted octanol–water partition coefficient (Wildman–Crippen LogP) is 2.72. The van der Waals surface area contributed by atoms with Crippen LogP contribution in [0.4, 0.5) is 5.69 Å². The number of hydrogen-bond acceptors (Lipinski definition) is 4. The lowest BCUT2D eigenvalue weighted by Crippen LogP contribution is -2.36. The fraction of sp³-hybridized carbons (Fsp3) is 0.619. The summed E-state index contributed by atoms with van der Waals surface area (Å²) in [4.78, 5) is 25.8. The third-order valence-electron chi connectivity index (χ3n) is 5.55. The molecule has 0 aromatic heterocycles. The second kappa shape index (κ2) is 9.74. The molecule has 2 amide bonds. The zero-order valence-corrected chi connectivity index (χ0v) is 16.3. The van der Waals surface area contributed by atoms with Crippen LogP contribution in [0.25, 0.3) is 0 Å². The average Bonchev–Trinajstić information content (AvgIpc) is 2.70. The Balaban J connectivity index is 1.32. The molecule has 1 saturated carbocycles. The van der Waals surface area contributed by atoms with Crippen LogP contribution in [0.2, 0.25) is 0 Å². The molecule has 6 heteroatoms. The van der Waals surface area contributed by atoms with E-state index in [-0.39, 0.29) is 18.4 Å². The Hall–Kier alpha value is -2.08. The third-order valence-corrected chi connectivity index (χ3v) is 5.55. The van der Waals surface area contributed by atoms with Crippen molar-refractivity contribution in [1.82, 2.24) is 10.2 Å². The van der Waals surface area contributed by atoms with E-state index < -0.39 is 0 Å². The lowest BCUT2D eigenvalue weighted by atomic mass is 9.94. The number of nitrogens with one attached hydrogen (secondary N) is 2. The van der Waals surface area contributed by atoms with Crippen molar-refractivity contribution in [3.63, 3.8) is 0 Å². The second-order valence-corrected chi connectivity index (χ2v) is 7.63.